The van der Waals surface area contributed by atoms with Crippen molar-refractivity contribution in [1.82, 2.24) is 0 Å². The van der Waals surface area contributed by atoms with Gasteiger partial charge < -0.3 is 9.47 Å². The summed E-state index contributed by atoms with van der Waals surface area (Å²) in [5, 5.41) is -0.0520. The van der Waals surface area contributed by atoms with E-state index in [-0.39, 0.29) is 16.5 Å². The maximum absolute atomic E-state index is 14.7. The lowest BCUT2D eigenvalue weighted by Crippen LogP contribution is -2.23. The van der Waals surface area contributed by atoms with E-state index in [4.69, 9.17) is 4.74 Å². The van der Waals surface area contributed by atoms with E-state index in [0.29, 0.717) is 12.0 Å². The van der Waals surface area contributed by atoms with Crippen LogP contribution in [-0.2, 0) is 12.5 Å². The minimum atomic E-state index is -4.65. The summed E-state index contributed by atoms with van der Waals surface area (Å²) in [6.45, 7) is 0.423. The lowest BCUT2D eigenvalue weighted by molar-refractivity contribution is -0.187. The molecule has 0 spiro atoms. The van der Waals surface area contributed by atoms with Crippen LogP contribution >= 0.6 is 0 Å². The van der Waals surface area contributed by atoms with Gasteiger partial charge in [0.05, 0.1) is 5.56 Å². The van der Waals surface area contributed by atoms with Gasteiger partial charge in [-0.15, -0.1) is 0 Å². The van der Waals surface area contributed by atoms with E-state index in [9.17, 15) is 30.7 Å². The summed E-state index contributed by atoms with van der Waals surface area (Å²) in [5.74, 6) is -3.16. The summed E-state index contributed by atoms with van der Waals surface area (Å²) in [5.41, 5.74) is -0.322. The molecule has 0 bridgehead atoms. The molecular weight excluding hydrogens is 477 g/mol. The minimum absolute atomic E-state index is 0.0917. The first kappa shape index (κ1) is 26.6. The first-order valence-corrected chi connectivity index (χ1v) is 11.3. The van der Waals surface area contributed by atoms with Crippen molar-refractivity contribution >= 4 is 10.8 Å². The number of aryl methyl sites for hydroxylation is 1. The Kier molecular flexibility index (Phi) is 8.51. The van der Waals surface area contributed by atoms with Gasteiger partial charge in [-0.05, 0) is 60.2 Å². The van der Waals surface area contributed by atoms with Gasteiger partial charge in [0.25, 0.3) is 0 Å². The lowest BCUT2D eigenvalue weighted by Gasteiger charge is -2.20. The van der Waals surface area contributed by atoms with Gasteiger partial charge in [0.1, 0.15) is 11.6 Å². The van der Waals surface area contributed by atoms with Crippen LogP contribution in [0.3, 0.4) is 0 Å². The Morgan fingerprint density at radius 1 is 0.800 bits per heavy atom. The molecule has 0 radical (unpaired) electrons. The van der Waals surface area contributed by atoms with Crippen LogP contribution in [0, 0.1) is 11.6 Å². The molecule has 0 aliphatic carbocycles. The molecule has 3 aromatic carbocycles. The van der Waals surface area contributed by atoms with Crippen LogP contribution in [0.4, 0.5) is 30.7 Å². The molecule has 0 fully saturated rings. The molecule has 3 rings (SSSR count). The molecular formula is C26H25F7O2. The Morgan fingerprint density at radius 3 is 2.23 bits per heavy atom. The molecule has 0 aromatic heterocycles. The Balaban J connectivity index is 1.72. The zero-order chi connectivity index (χ0) is 25.6. The molecule has 0 heterocycles. The second kappa shape index (κ2) is 11.2. The van der Waals surface area contributed by atoms with Gasteiger partial charge in [-0.1, -0.05) is 44.7 Å². The molecule has 0 amide bonds. The first-order chi connectivity index (χ1) is 16.5. The van der Waals surface area contributed by atoms with Gasteiger partial charge in [0, 0.05) is 5.39 Å². The van der Waals surface area contributed by atoms with Crippen molar-refractivity contribution in [2.75, 3.05) is 6.61 Å². The quantitative estimate of drug-likeness (QED) is 0.193. The first-order valence-electron chi connectivity index (χ1n) is 11.3. The normalized spacial score (nSPS) is 12.2. The number of hydrogen-bond donors (Lipinski definition) is 0. The fourth-order valence-corrected chi connectivity index (χ4v) is 3.67. The van der Waals surface area contributed by atoms with Gasteiger partial charge in [0.15, 0.2) is 18.2 Å². The summed E-state index contributed by atoms with van der Waals surface area (Å²) in [6, 6.07) is 8.86. The zero-order valence-electron chi connectivity index (χ0n) is 19.0. The number of halogens is 7. The summed E-state index contributed by atoms with van der Waals surface area (Å²) in [6.07, 6.45) is -2.97. The standard InChI is InChI=1S/C26H25F7O2/c1-2-3-4-5-6-7-17-8-12-21(22(27)14-17)26(32,33)35-19-10-11-20-18(15-19)9-13-23(24(20)28)34-16-25(29,30)31/h8-15H,2-7,16H2,1H3. The highest BCUT2D eigenvalue weighted by Crippen LogP contribution is 2.36. The molecule has 0 saturated carbocycles. The number of alkyl halides is 5. The van der Waals surface area contributed by atoms with Gasteiger partial charge in [-0.3, -0.25) is 0 Å². The van der Waals surface area contributed by atoms with Crippen molar-refractivity contribution in [3.63, 3.8) is 0 Å². The number of ether oxygens (including phenoxy) is 2. The molecule has 3 aromatic rings. The van der Waals surface area contributed by atoms with Crippen LogP contribution in [0.5, 0.6) is 11.5 Å². The molecule has 0 atom stereocenters. The SMILES string of the molecule is CCCCCCCc1ccc(C(F)(F)Oc2ccc3c(F)c(OCC(F)(F)F)ccc3c2)c(F)c1. The van der Waals surface area contributed by atoms with Crippen molar-refractivity contribution < 1.29 is 40.2 Å². The number of benzene rings is 3. The maximum atomic E-state index is 14.7. The van der Waals surface area contributed by atoms with Crippen LogP contribution in [0.2, 0.25) is 0 Å². The molecule has 9 heteroatoms. The number of rotatable bonds is 11. The van der Waals surface area contributed by atoms with Crippen LogP contribution in [-0.4, -0.2) is 12.8 Å². The Morgan fingerprint density at radius 2 is 1.54 bits per heavy atom. The number of unbranched alkanes of at least 4 members (excludes halogenated alkanes) is 4. The number of fused-ring (bicyclic) bond motifs is 1. The third-order valence-corrected chi connectivity index (χ3v) is 5.44. The number of hydrogen-bond acceptors (Lipinski definition) is 2. The molecule has 2 nitrogen and oxygen atoms in total. The van der Waals surface area contributed by atoms with Gasteiger partial charge in [-0.25, -0.2) is 8.78 Å². The van der Waals surface area contributed by atoms with E-state index in [1.165, 1.54) is 12.1 Å². The minimum Gasteiger partial charge on any atom is -0.481 e. The molecule has 0 unspecified atom stereocenters. The van der Waals surface area contributed by atoms with E-state index in [1.54, 1.807) is 0 Å². The predicted molar refractivity (Wildman–Crippen MR) is 119 cm³/mol. The molecule has 0 aliphatic heterocycles. The van der Waals surface area contributed by atoms with Crippen LogP contribution < -0.4 is 9.47 Å². The van der Waals surface area contributed by atoms with Crippen LogP contribution in [0.25, 0.3) is 10.8 Å². The highest BCUT2D eigenvalue weighted by molar-refractivity contribution is 5.86. The predicted octanol–water partition coefficient (Wildman–Crippen LogP) is 8.70. The van der Waals surface area contributed by atoms with E-state index >= 15 is 0 Å². The third-order valence-electron chi connectivity index (χ3n) is 5.44. The molecule has 0 aliphatic rings. The fraction of sp³-hybridized carbons (Fsp3) is 0.385. The summed E-state index contributed by atoms with van der Waals surface area (Å²) in [4.78, 5) is 0. The lowest BCUT2D eigenvalue weighted by atomic mass is 10.0. The van der Waals surface area contributed by atoms with Crippen molar-refractivity contribution in [2.45, 2.75) is 57.7 Å². The average molecular weight is 502 g/mol. The van der Waals surface area contributed by atoms with E-state index in [2.05, 4.69) is 11.7 Å². The van der Waals surface area contributed by atoms with E-state index in [0.717, 1.165) is 68.5 Å². The fourth-order valence-electron chi connectivity index (χ4n) is 3.67. The molecule has 0 saturated heterocycles. The van der Waals surface area contributed by atoms with Crippen molar-refractivity contribution in [2.24, 2.45) is 0 Å². The van der Waals surface area contributed by atoms with Gasteiger partial charge in [-0.2, -0.15) is 22.0 Å². The van der Waals surface area contributed by atoms with Crippen LogP contribution in [0.1, 0.15) is 50.2 Å². The van der Waals surface area contributed by atoms with Gasteiger partial charge >= 0.3 is 12.3 Å². The Labute approximate surface area is 198 Å². The Bertz CT molecular complexity index is 1140. The smallest absolute Gasteiger partial charge is 0.429 e. The zero-order valence-corrected chi connectivity index (χ0v) is 19.0. The van der Waals surface area contributed by atoms with E-state index in [1.807, 2.05) is 0 Å². The van der Waals surface area contributed by atoms with Crippen LogP contribution in [0.15, 0.2) is 48.5 Å². The van der Waals surface area contributed by atoms with Gasteiger partial charge in [0.2, 0.25) is 0 Å². The molecule has 0 N–H and O–H groups in total. The molecule has 190 valence electrons. The second-order valence-corrected chi connectivity index (χ2v) is 8.26. The highest BCUT2D eigenvalue weighted by atomic mass is 19.4. The topological polar surface area (TPSA) is 18.5 Å². The Hall–Kier alpha value is -2.97. The second-order valence-electron chi connectivity index (χ2n) is 8.26. The third kappa shape index (κ3) is 7.26. The van der Waals surface area contributed by atoms with Crippen molar-refractivity contribution in [3.8, 4) is 11.5 Å². The van der Waals surface area contributed by atoms with Crippen molar-refractivity contribution in [1.29, 1.82) is 0 Å². The summed E-state index contributed by atoms with van der Waals surface area (Å²) in [7, 11) is 0. The summed E-state index contributed by atoms with van der Waals surface area (Å²) < 4.78 is 105. The monoisotopic (exact) mass is 502 g/mol. The largest absolute Gasteiger partial charge is 0.481 e. The maximum Gasteiger partial charge on any atom is 0.429 e. The highest BCUT2D eigenvalue weighted by Gasteiger charge is 2.38. The molecule has 35 heavy (non-hydrogen) atoms. The summed E-state index contributed by atoms with van der Waals surface area (Å²) >= 11 is 0. The van der Waals surface area contributed by atoms with E-state index < -0.39 is 41.8 Å². The average Bonchev–Trinajstić information content (AvgIpc) is 2.77. The van der Waals surface area contributed by atoms with Crippen molar-refractivity contribution in [3.05, 3.63) is 71.3 Å².